The summed E-state index contributed by atoms with van der Waals surface area (Å²) in [6.07, 6.45) is 0. The van der Waals surface area contributed by atoms with Crippen LogP contribution < -0.4 is 5.32 Å². The van der Waals surface area contributed by atoms with Crippen molar-refractivity contribution >= 4 is 10.0 Å². The summed E-state index contributed by atoms with van der Waals surface area (Å²) in [7, 11) is -0.294. The molecular weight excluding hydrogens is 332 g/mol. The van der Waals surface area contributed by atoms with E-state index in [0.717, 1.165) is 12.1 Å². The van der Waals surface area contributed by atoms with Crippen molar-refractivity contribution in [3.8, 4) is 0 Å². The molecule has 2 aromatic rings. The van der Waals surface area contributed by atoms with Gasteiger partial charge in [0.15, 0.2) is 0 Å². The van der Waals surface area contributed by atoms with Gasteiger partial charge in [-0.3, -0.25) is 0 Å². The molecule has 0 aromatic heterocycles. The Morgan fingerprint density at radius 2 is 1.40 bits per heavy atom. The molecule has 0 amide bonds. The summed E-state index contributed by atoms with van der Waals surface area (Å²) < 4.78 is 25.4. The van der Waals surface area contributed by atoms with Gasteiger partial charge in [-0.15, -0.1) is 0 Å². The summed E-state index contributed by atoms with van der Waals surface area (Å²) in [5.41, 5.74) is 3.65. The van der Waals surface area contributed by atoms with Crippen LogP contribution in [-0.2, 0) is 16.6 Å². The SMILES string of the molecule is CC(C)c1ccc(CN[C@H](C)c2ccc(S(=O)(=O)N(C)C)cc2)cc1. The number of nitrogens with zero attached hydrogens (tertiary/aromatic N) is 1. The van der Waals surface area contributed by atoms with Crippen molar-refractivity contribution in [1.29, 1.82) is 0 Å². The van der Waals surface area contributed by atoms with Crippen LogP contribution in [0.3, 0.4) is 0 Å². The van der Waals surface area contributed by atoms with E-state index in [9.17, 15) is 8.42 Å². The van der Waals surface area contributed by atoms with Gasteiger partial charge in [0.05, 0.1) is 4.90 Å². The van der Waals surface area contributed by atoms with E-state index in [0.29, 0.717) is 10.8 Å². The normalized spacial score (nSPS) is 13.4. The summed E-state index contributed by atoms with van der Waals surface area (Å²) in [5, 5.41) is 3.48. The van der Waals surface area contributed by atoms with Crippen LogP contribution in [0, 0.1) is 0 Å². The van der Waals surface area contributed by atoms with Crippen LogP contribution in [0.15, 0.2) is 53.4 Å². The average Bonchev–Trinajstić information content (AvgIpc) is 2.60. The van der Waals surface area contributed by atoms with Crippen LogP contribution in [-0.4, -0.2) is 26.8 Å². The van der Waals surface area contributed by atoms with Crippen molar-refractivity contribution in [1.82, 2.24) is 9.62 Å². The van der Waals surface area contributed by atoms with Crippen molar-refractivity contribution in [2.24, 2.45) is 0 Å². The molecule has 2 rings (SSSR count). The Morgan fingerprint density at radius 3 is 1.88 bits per heavy atom. The van der Waals surface area contributed by atoms with Crippen LogP contribution in [0.4, 0.5) is 0 Å². The molecule has 2 aromatic carbocycles. The monoisotopic (exact) mass is 360 g/mol. The third kappa shape index (κ3) is 4.91. The zero-order valence-corrected chi connectivity index (χ0v) is 16.5. The molecule has 0 unspecified atom stereocenters. The lowest BCUT2D eigenvalue weighted by molar-refractivity contribution is 0.520. The van der Waals surface area contributed by atoms with Crippen LogP contribution >= 0.6 is 0 Å². The zero-order chi connectivity index (χ0) is 18.6. The zero-order valence-electron chi connectivity index (χ0n) is 15.7. The van der Waals surface area contributed by atoms with Crippen molar-refractivity contribution in [3.05, 3.63) is 65.2 Å². The Bertz CT molecular complexity index is 779. The van der Waals surface area contributed by atoms with Crippen molar-refractivity contribution in [3.63, 3.8) is 0 Å². The Kier molecular flexibility index (Phi) is 6.38. The first-order chi connectivity index (χ1) is 11.7. The molecule has 1 N–H and O–H groups in total. The molecule has 0 radical (unpaired) electrons. The highest BCUT2D eigenvalue weighted by atomic mass is 32.2. The highest BCUT2D eigenvalue weighted by molar-refractivity contribution is 7.89. The van der Waals surface area contributed by atoms with E-state index in [4.69, 9.17) is 0 Å². The first-order valence-electron chi connectivity index (χ1n) is 8.56. The van der Waals surface area contributed by atoms with E-state index in [-0.39, 0.29) is 6.04 Å². The van der Waals surface area contributed by atoms with Gasteiger partial charge in [0, 0.05) is 26.7 Å². The van der Waals surface area contributed by atoms with Gasteiger partial charge in [-0.2, -0.15) is 0 Å². The van der Waals surface area contributed by atoms with Crippen molar-refractivity contribution in [2.45, 2.75) is 44.2 Å². The predicted octanol–water partition coefficient (Wildman–Crippen LogP) is 3.91. The lowest BCUT2D eigenvalue weighted by atomic mass is 10.0. The van der Waals surface area contributed by atoms with Gasteiger partial charge in [0.1, 0.15) is 0 Å². The van der Waals surface area contributed by atoms with Gasteiger partial charge in [-0.25, -0.2) is 12.7 Å². The summed E-state index contributed by atoms with van der Waals surface area (Å²) in [5.74, 6) is 0.540. The molecule has 0 aliphatic carbocycles. The molecule has 0 heterocycles. The molecule has 0 saturated carbocycles. The summed E-state index contributed by atoms with van der Waals surface area (Å²) in [6, 6.07) is 15.9. The highest BCUT2D eigenvalue weighted by Crippen LogP contribution is 2.19. The van der Waals surface area contributed by atoms with E-state index in [1.54, 1.807) is 12.1 Å². The largest absolute Gasteiger partial charge is 0.306 e. The maximum absolute atomic E-state index is 12.1. The molecule has 0 saturated heterocycles. The molecule has 25 heavy (non-hydrogen) atoms. The Morgan fingerprint density at radius 1 is 0.880 bits per heavy atom. The first kappa shape index (κ1) is 19.6. The topological polar surface area (TPSA) is 49.4 Å². The number of nitrogens with one attached hydrogen (secondary N) is 1. The highest BCUT2D eigenvalue weighted by Gasteiger charge is 2.17. The molecule has 0 aliphatic heterocycles. The second-order valence-electron chi connectivity index (χ2n) is 6.86. The smallest absolute Gasteiger partial charge is 0.242 e. The quantitative estimate of drug-likeness (QED) is 0.814. The fraction of sp³-hybridized carbons (Fsp3) is 0.400. The van der Waals surface area contributed by atoms with E-state index in [2.05, 4.69) is 50.4 Å². The standard InChI is InChI=1S/C20H28N2O2S/c1-15(2)18-8-6-17(7-9-18)14-21-16(3)19-10-12-20(13-11-19)25(23,24)22(4)5/h6-13,15-16,21H,14H2,1-5H3/t16-/m1/s1. The molecule has 0 aliphatic rings. The minimum atomic E-state index is -3.37. The van der Waals surface area contributed by atoms with Gasteiger partial charge in [0.2, 0.25) is 10.0 Å². The molecular formula is C20H28N2O2S. The summed E-state index contributed by atoms with van der Waals surface area (Å²) in [4.78, 5) is 0.317. The van der Waals surface area contributed by atoms with Gasteiger partial charge in [-0.1, -0.05) is 50.2 Å². The molecule has 136 valence electrons. The number of hydrogen-bond acceptors (Lipinski definition) is 3. The molecule has 4 nitrogen and oxygen atoms in total. The van der Waals surface area contributed by atoms with Crippen LogP contribution in [0.2, 0.25) is 0 Å². The molecule has 0 bridgehead atoms. The fourth-order valence-corrected chi connectivity index (χ4v) is 3.45. The van der Waals surface area contributed by atoms with Crippen LogP contribution in [0.5, 0.6) is 0 Å². The predicted molar refractivity (Wildman–Crippen MR) is 103 cm³/mol. The first-order valence-corrected chi connectivity index (χ1v) is 10.0. The Balaban J connectivity index is 2.00. The Labute approximate surface area is 151 Å². The third-order valence-corrected chi connectivity index (χ3v) is 6.25. The summed E-state index contributed by atoms with van der Waals surface area (Å²) in [6.45, 7) is 7.24. The maximum Gasteiger partial charge on any atom is 0.242 e. The number of rotatable bonds is 7. The fourth-order valence-electron chi connectivity index (χ4n) is 2.55. The van der Waals surface area contributed by atoms with Gasteiger partial charge >= 0.3 is 0 Å². The molecule has 5 heteroatoms. The lowest BCUT2D eigenvalue weighted by Crippen LogP contribution is -2.22. The van der Waals surface area contributed by atoms with E-state index in [1.165, 1.54) is 29.5 Å². The van der Waals surface area contributed by atoms with E-state index < -0.39 is 10.0 Å². The number of hydrogen-bond donors (Lipinski definition) is 1. The van der Waals surface area contributed by atoms with Gasteiger partial charge in [-0.05, 0) is 41.7 Å². The molecule has 0 fully saturated rings. The second-order valence-corrected chi connectivity index (χ2v) is 9.01. The molecule has 0 spiro atoms. The second kappa shape index (κ2) is 8.13. The van der Waals surface area contributed by atoms with Gasteiger partial charge in [0.25, 0.3) is 0 Å². The Hall–Kier alpha value is -1.69. The minimum Gasteiger partial charge on any atom is -0.306 e. The maximum atomic E-state index is 12.1. The third-order valence-electron chi connectivity index (χ3n) is 4.42. The van der Waals surface area contributed by atoms with E-state index >= 15 is 0 Å². The van der Waals surface area contributed by atoms with Crippen molar-refractivity contribution in [2.75, 3.05) is 14.1 Å². The van der Waals surface area contributed by atoms with Crippen molar-refractivity contribution < 1.29 is 8.42 Å². The lowest BCUT2D eigenvalue weighted by Gasteiger charge is -2.16. The van der Waals surface area contributed by atoms with Crippen LogP contribution in [0.25, 0.3) is 0 Å². The number of benzene rings is 2. The van der Waals surface area contributed by atoms with Crippen LogP contribution in [0.1, 0.15) is 49.4 Å². The van der Waals surface area contributed by atoms with Gasteiger partial charge < -0.3 is 5.32 Å². The number of sulfonamides is 1. The average molecular weight is 361 g/mol. The molecule has 1 atom stereocenters. The summed E-state index contributed by atoms with van der Waals surface area (Å²) >= 11 is 0. The minimum absolute atomic E-state index is 0.140. The van der Waals surface area contributed by atoms with E-state index in [1.807, 2.05) is 12.1 Å².